The summed E-state index contributed by atoms with van der Waals surface area (Å²) in [6.45, 7) is 2.72. The van der Waals surface area contributed by atoms with Crippen LogP contribution in [0.4, 0.5) is 5.69 Å². The third-order valence-corrected chi connectivity index (χ3v) is 4.43. The lowest BCUT2D eigenvalue weighted by Gasteiger charge is -2.23. The quantitative estimate of drug-likeness (QED) is 0.881. The predicted octanol–water partition coefficient (Wildman–Crippen LogP) is 4.49. The largest absolute Gasteiger partial charge is 0.384 e. The van der Waals surface area contributed by atoms with Crippen molar-refractivity contribution in [1.29, 1.82) is 0 Å². The van der Waals surface area contributed by atoms with Crippen LogP contribution in [0.5, 0.6) is 0 Å². The van der Waals surface area contributed by atoms with E-state index < -0.39 is 0 Å². The molecular weight excluding hydrogens is 340 g/mol. The summed E-state index contributed by atoms with van der Waals surface area (Å²) in [6.07, 6.45) is 4.05. The second-order valence-electron chi connectivity index (χ2n) is 5.08. The van der Waals surface area contributed by atoms with Crippen LogP contribution in [0.15, 0.2) is 28.9 Å². The number of hydrogen-bond donors (Lipinski definition) is 1. The fraction of sp³-hybridized carbons (Fsp3) is 0.400. The molecule has 2 aromatic rings. The van der Waals surface area contributed by atoms with Crippen LogP contribution in [0.3, 0.4) is 0 Å². The zero-order valence-electron chi connectivity index (χ0n) is 11.0. The van der Waals surface area contributed by atoms with Gasteiger partial charge in [0.25, 0.3) is 0 Å². The van der Waals surface area contributed by atoms with Crippen molar-refractivity contribution in [3.8, 4) is 0 Å². The fourth-order valence-corrected chi connectivity index (χ4v) is 3.40. The number of halogens is 2. The number of benzene rings is 1. The molecule has 0 aliphatic carbocycles. The molecule has 1 aliphatic rings. The number of nitrogens with one attached hydrogen (secondary N) is 1. The van der Waals surface area contributed by atoms with E-state index in [1.54, 1.807) is 6.20 Å². The molecule has 1 saturated heterocycles. The van der Waals surface area contributed by atoms with Crippen molar-refractivity contribution >= 4 is 44.1 Å². The van der Waals surface area contributed by atoms with E-state index in [9.17, 15) is 0 Å². The van der Waals surface area contributed by atoms with Crippen molar-refractivity contribution in [2.75, 3.05) is 25.1 Å². The minimum Gasteiger partial charge on any atom is -0.384 e. The number of pyridine rings is 1. The van der Waals surface area contributed by atoms with Crippen molar-refractivity contribution in [1.82, 2.24) is 4.98 Å². The molecule has 0 saturated carbocycles. The van der Waals surface area contributed by atoms with Gasteiger partial charge >= 0.3 is 0 Å². The Morgan fingerprint density at radius 2 is 2.15 bits per heavy atom. The maximum absolute atomic E-state index is 6.25. The molecule has 0 radical (unpaired) electrons. The molecule has 1 aromatic heterocycles. The average molecular weight is 356 g/mol. The number of ether oxygens (including phenoxy) is 1. The Bertz CT molecular complexity index is 614. The lowest BCUT2D eigenvalue weighted by atomic mass is 10.0. The van der Waals surface area contributed by atoms with Crippen LogP contribution in [-0.2, 0) is 4.74 Å². The average Bonchev–Trinajstić information content (AvgIpc) is 2.46. The smallest absolute Gasteiger partial charge is 0.0909 e. The van der Waals surface area contributed by atoms with Gasteiger partial charge in [-0.1, -0.05) is 27.5 Å². The Morgan fingerprint density at radius 3 is 2.95 bits per heavy atom. The lowest BCUT2D eigenvalue weighted by Crippen LogP contribution is -2.22. The van der Waals surface area contributed by atoms with Gasteiger partial charge in [0.15, 0.2) is 0 Å². The molecule has 0 spiro atoms. The zero-order chi connectivity index (χ0) is 13.9. The summed E-state index contributed by atoms with van der Waals surface area (Å²) in [5, 5.41) is 5.26. The van der Waals surface area contributed by atoms with Crippen LogP contribution in [0.2, 0.25) is 5.02 Å². The molecule has 3 nitrogen and oxygen atoms in total. The number of anilines is 1. The highest BCUT2D eigenvalue weighted by molar-refractivity contribution is 9.10. The predicted molar refractivity (Wildman–Crippen MR) is 86.5 cm³/mol. The van der Waals surface area contributed by atoms with Gasteiger partial charge < -0.3 is 10.1 Å². The molecule has 2 heterocycles. The number of aromatic nitrogens is 1. The van der Waals surface area contributed by atoms with Crippen molar-refractivity contribution in [3.63, 3.8) is 0 Å². The molecule has 3 rings (SSSR count). The lowest BCUT2D eigenvalue weighted by molar-refractivity contribution is 0.0699. The van der Waals surface area contributed by atoms with Gasteiger partial charge in [-0.05, 0) is 37.0 Å². The molecule has 1 fully saturated rings. The van der Waals surface area contributed by atoms with Gasteiger partial charge in [0.1, 0.15) is 0 Å². The Kier molecular flexibility index (Phi) is 4.44. The van der Waals surface area contributed by atoms with E-state index in [0.717, 1.165) is 53.7 Å². The van der Waals surface area contributed by atoms with Gasteiger partial charge in [-0.15, -0.1) is 0 Å². The molecule has 106 valence electrons. The van der Waals surface area contributed by atoms with E-state index in [1.165, 1.54) is 0 Å². The van der Waals surface area contributed by atoms with E-state index in [4.69, 9.17) is 16.3 Å². The van der Waals surface area contributed by atoms with Crippen LogP contribution in [0, 0.1) is 5.92 Å². The number of rotatable bonds is 3. The summed E-state index contributed by atoms with van der Waals surface area (Å²) in [7, 11) is 0. The van der Waals surface area contributed by atoms with Gasteiger partial charge in [0.05, 0.1) is 10.5 Å². The van der Waals surface area contributed by atoms with E-state index in [0.29, 0.717) is 10.9 Å². The first-order valence-electron chi connectivity index (χ1n) is 6.79. The minimum atomic E-state index is 0.670. The first kappa shape index (κ1) is 14.1. The van der Waals surface area contributed by atoms with Gasteiger partial charge in [-0.25, -0.2) is 0 Å². The molecule has 20 heavy (non-hydrogen) atoms. The zero-order valence-corrected chi connectivity index (χ0v) is 13.4. The van der Waals surface area contributed by atoms with Crippen LogP contribution < -0.4 is 5.32 Å². The van der Waals surface area contributed by atoms with E-state index in [-0.39, 0.29) is 0 Å². The number of nitrogens with zero attached hydrogens (tertiary/aromatic N) is 1. The van der Waals surface area contributed by atoms with Gasteiger partial charge in [-0.3, -0.25) is 4.98 Å². The first-order valence-corrected chi connectivity index (χ1v) is 7.96. The number of fused-ring (bicyclic) bond motifs is 1. The molecule has 1 aromatic carbocycles. The Morgan fingerprint density at radius 1 is 1.35 bits per heavy atom. The molecule has 0 atom stereocenters. The van der Waals surface area contributed by atoms with Gasteiger partial charge in [0.2, 0.25) is 0 Å². The molecule has 0 unspecified atom stereocenters. The molecule has 5 heteroatoms. The summed E-state index contributed by atoms with van der Waals surface area (Å²) in [5.74, 6) is 0.676. The fourth-order valence-electron chi connectivity index (χ4n) is 2.54. The summed E-state index contributed by atoms with van der Waals surface area (Å²) in [5.41, 5.74) is 1.93. The van der Waals surface area contributed by atoms with E-state index in [1.807, 2.05) is 12.1 Å². The molecule has 0 amide bonds. The van der Waals surface area contributed by atoms with Crippen molar-refractivity contribution in [2.24, 2.45) is 5.92 Å². The standard InChI is InChI=1S/C15H16BrClN2O/c16-11-7-12-14(1-4-18-15(12)13(17)8-11)19-9-10-2-5-20-6-3-10/h1,4,7-8,10H,2-3,5-6,9H2,(H,18,19). The summed E-state index contributed by atoms with van der Waals surface area (Å²) in [4.78, 5) is 4.36. The van der Waals surface area contributed by atoms with Crippen LogP contribution in [0.1, 0.15) is 12.8 Å². The molecule has 1 aliphatic heterocycles. The van der Waals surface area contributed by atoms with Crippen LogP contribution in [0.25, 0.3) is 10.9 Å². The Hall–Kier alpha value is -0.840. The highest BCUT2D eigenvalue weighted by Gasteiger charge is 2.14. The summed E-state index contributed by atoms with van der Waals surface area (Å²) >= 11 is 9.73. The monoisotopic (exact) mass is 354 g/mol. The normalized spacial score (nSPS) is 16.5. The van der Waals surface area contributed by atoms with Crippen LogP contribution >= 0.6 is 27.5 Å². The Labute approximate surface area is 131 Å². The topological polar surface area (TPSA) is 34.1 Å². The number of hydrogen-bond acceptors (Lipinski definition) is 3. The highest BCUT2D eigenvalue weighted by Crippen LogP contribution is 2.31. The second-order valence-corrected chi connectivity index (χ2v) is 6.40. The molecular formula is C15H16BrClN2O. The van der Waals surface area contributed by atoms with Crippen LogP contribution in [-0.4, -0.2) is 24.7 Å². The van der Waals surface area contributed by atoms with E-state index in [2.05, 4.69) is 32.3 Å². The van der Waals surface area contributed by atoms with Gasteiger partial charge in [0, 0.05) is 41.5 Å². The third-order valence-electron chi connectivity index (χ3n) is 3.69. The highest BCUT2D eigenvalue weighted by atomic mass is 79.9. The molecule has 0 bridgehead atoms. The van der Waals surface area contributed by atoms with Crippen molar-refractivity contribution < 1.29 is 4.74 Å². The molecule has 1 N–H and O–H groups in total. The SMILES string of the molecule is Clc1cc(Br)cc2c(NCC3CCOCC3)ccnc12. The summed E-state index contributed by atoms with van der Waals surface area (Å²) in [6, 6.07) is 5.93. The van der Waals surface area contributed by atoms with Gasteiger partial charge in [-0.2, -0.15) is 0 Å². The minimum absolute atomic E-state index is 0.670. The maximum atomic E-state index is 6.25. The first-order chi connectivity index (χ1) is 9.74. The Balaban J connectivity index is 1.83. The van der Waals surface area contributed by atoms with Crippen molar-refractivity contribution in [3.05, 3.63) is 33.9 Å². The van der Waals surface area contributed by atoms with Crippen molar-refractivity contribution in [2.45, 2.75) is 12.8 Å². The second kappa shape index (κ2) is 6.29. The third kappa shape index (κ3) is 3.08. The maximum Gasteiger partial charge on any atom is 0.0909 e. The van der Waals surface area contributed by atoms with E-state index >= 15 is 0 Å². The summed E-state index contributed by atoms with van der Waals surface area (Å²) < 4.78 is 6.36.